The first kappa shape index (κ1) is 14.9. The van der Waals surface area contributed by atoms with Gasteiger partial charge in [0, 0.05) is 11.8 Å². The average Bonchev–Trinajstić information content (AvgIpc) is 2.98. The number of esters is 1. The largest absolute Gasteiger partial charge is 0.481 e. The summed E-state index contributed by atoms with van der Waals surface area (Å²) in [5.74, 6) is -1.78. The molecule has 0 radical (unpaired) electrons. The zero-order chi connectivity index (χ0) is 17.1. The molecular formula is C19H24O5. The van der Waals surface area contributed by atoms with Crippen LogP contribution in [-0.4, -0.2) is 33.9 Å². The van der Waals surface area contributed by atoms with Crippen molar-refractivity contribution in [3.63, 3.8) is 0 Å². The Labute approximate surface area is 141 Å². The van der Waals surface area contributed by atoms with Crippen LogP contribution in [0.2, 0.25) is 0 Å². The molecule has 130 valence electrons. The van der Waals surface area contributed by atoms with Gasteiger partial charge in [-0.25, -0.2) is 0 Å². The first-order valence-electron chi connectivity index (χ1n) is 9.09. The van der Waals surface area contributed by atoms with Crippen LogP contribution in [0.3, 0.4) is 0 Å². The molecule has 24 heavy (non-hydrogen) atoms. The summed E-state index contributed by atoms with van der Waals surface area (Å²) in [7, 11) is 0. The van der Waals surface area contributed by atoms with E-state index in [1.807, 2.05) is 0 Å². The van der Waals surface area contributed by atoms with Gasteiger partial charge >= 0.3 is 11.9 Å². The maximum Gasteiger partial charge on any atom is 0.315 e. The highest BCUT2D eigenvalue weighted by molar-refractivity contribution is 5.85. The number of aliphatic hydroxyl groups is 1. The summed E-state index contributed by atoms with van der Waals surface area (Å²) in [4.78, 5) is 25.1. The van der Waals surface area contributed by atoms with Crippen molar-refractivity contribution in [2.75, 3.05) is 0 Å². The lowest BCUT2D eigenvalue weighted by atomic mass is 9.59. The van der Waals surface area contributed by atoms with E-state index in [0.717, 1.165) is 25.7 Å². The van der Waals surface area contributed by atoms with Crippen molar-refractivity contribution in [2.24, 2.45) is 34.5 Å². The van der Waals surface area contributed by atoms with E-state index in [-0.39, 0.29) is 11.3 Å². The maximum absolute atomic E-state index is 12.7. The topological polar surface area (TPSA) is 83.8 Å². The second-order valence-corrected chi connectivity index (χ2v) is 9.07. The Kier molecular flexibility index (Phi) is 2.53. The highest BCUT2D eigenvalue weighted by Crippen LogP contribution is 2.77. The smallest absolute Gasteiger partial charge is 0.315 e. The van der Waals surface area contributed by atoms with Gasteiger partial charge in [0.05, 0.1) is 17.4 Å². The van der Waals surface area contributed by atoms with Gasteiger partial charge in [0.25, 0.3) is 0 Å². The van der Waals surface area contributed by atoms with Gasteiger partial charge in [-0.05, 0) is 56.8 Å². The molecule has 0 amide bonds. The normalized spacial score (nSPS) is 57.5. The quantitative estimate of drug-likeness (QED) is 0.568. The molecule has 4 aliphatic carbocycles. The molecule has 1 heterocycles. The summed E-state index contributed by atoms with van der Waals surface area (Å²) in [5.41, 5.74) is -0.953. The molecular weight excluding hydrogens is 308 g/mol. The van der Waals surface area contributed by atoms with Gasteiger partial charge in [-0.1, -0.05) is 12.2 Å². The molecule has 5 nitrogen and oxygen atoms in total. The molecule has 3 unspecified atom stereocenters. The monoisotopic (exact) mass is 332 g/mol. The van der Waals surface area contributed by atoms with E-state index in [0.29, 0.717) is 18.8 Å². The van der Waals surface area contributed by atoms with Crippen LogP contribution < -0.4 is 0 Å². The molecule has 4 saturated carbocycles. The highest BCUT2D eigenvalue weighted by atomic mass is 16.6. The van der Waals surface area contributed by atoms with E-state index in [4.69, 9.17) is 4.74 Å². The second-order valence-electron chi connectivity index (χ2n) is 9.07. The number of hydrogen-bond donors (Lipinski definition) is 2. The van der Waals surface area contributed by atoms with E-state index in [9.17, 15) is 19.8 Å². The Bertz CT molecular complexity index is 685. The number of aliphatic carboxylic acids is 1. The molecule has 2 N–H and O–H groups in total. The summed E-state index contributed by atoms with van der Waals surface area (Å²) in [6.45, 7) is 5.95. The molecule has 1 saturated heterocycles. The number of allylic oxidation sites excluding steroid dienone is 1. The molecule has 1 spiro atoms. The summed E-state index contributed by atoms with van der Waals surface area (Å²) in [6.07, 6.45) is 3.81. The van der Waals surface area contributed by atoms with Crippen LogP contribution in [0.4, 0.5) is 0 Å². The number of aliphatic hydroxyl groups excluding tert-OH is 1. The van der Waals surface area contributed by atoms with E-state index in [2.05, 4.69) is 6.58 Å². The zero-order valence-corrected chi connectivity index (χ0v) is 14.0. The standard InChI is InChI=1S/C19H24O5/c1-9-7-18-8-10(9)3-4-11(18)19-6-5-12(20)17(2,16(23)24-19)14(19)13(18)15(21)22/h10-14,20H,1,3-8H2,2H3,(H,21,22)/t10-,11?,12+,13?,14?,17+,18+,19-/m1/s1. The molecule has 8 atom stereocenters. The van der Waals surface area contributed by atoms with Gasteiger partial charge < -0.3 is 14.9 Å². The first-order chi connectivity index (χ1) is 11.3. The van der Waals surface area contributed by atoms with Crippen molar-refractivity contribution < 1.29 is 24.5 Å². The fraction of sp³-hybridized carbons (Fsp3) is 0.789. The molecule has 5 fully saturated rings. The average molecular weight is 332 g/mol. The predicted molar refractivity (Wildman–Crippen MR) is 83.8 cm³/mol. The fourth-order valence-corrected chi connectivity index (χ4v) is 7.66. The minimum atomic E-state index is -1.09. The van der Waals surface area contributed by atoms with Crippen molar-refractivity contribution in [1.82, 2.24) is 0 Å². The van der Waals surface area contributed by atoms with Crippen LogP contribution in [0.25, 0.3) is 0 Å². The van der Waals surface area contributed by atoms with Crippen molar-refractivity contribution in [2.45, 2.75) is 57.2 Å². The molecule has 0 aromatic carbocycles. The lowest BCUT2D eigenvalue weighted by Gasteiger charge is -2.44. The number of carboxylic acid groups (broad SMARTS) is 1. The van der Waals surface area contributed by atoms with E-state index < -0.39 is 40.9 Å². The zero-order valence-electron chi connectivity index (χ0n) is 14.0. The van der Waals surface area contributed by atoms with Crippen LogP contribution in [0.5, 0.6) is 0 Å². The number of carboxylic acids is 1. The Morgan fingerprint density at radius 2 is 2.08 bits per heavy atom. The maximum atomic E-state index is 12.7. The molecule has 5 rings (SSSR count). The van der Waals surface area contributed by atoms with Crippen LogP contribution in [0.1, 0.15) is 45.4 Å². The third-order valence-corrected chi connectivity index (χ3v) is 8.46. The highest BCUT2D eigenvalue weighted by Gasteiger charge is 2.83. The molecule has 4 bridgehead atoms. The molecule has 5 heteroatoms. The summed E-state index contributed by atoms with van der Waals surface area (Å²) in [5, 5.41) is 20.8. The second kappa shape index (κ2) is 4.06. The van der Waals surface area contributed by atoms with Crippen LogP contribution in [0.15, 0.2) is 12.2 Å². The van der Waals surface area contributed by atoms with Crippen molar-refractivity contribution in [1.29, 1.82) is 0 Å². The van der Waals surface area contributed by atoms with Crippen LogP contribution >= 0.6 is 0 Å². The number of carbonyl (C=O) groups is 2. The lowest BCUT2D eigenvalue weighted by molar-refractivity contribution is -0.162. The van der Waals surface area contributed by atoms with Gasteiger partial charge in [-0.2, -0.15) is 0 Å². The van der Waals surface area contributed by atoms with Crippen LogP contribution in [-0.2, 0) is 14.3 Å². The molecule has 1 aliphatic heterocycles. The molecule has 0 aromatic heterocycles. The van der Waals surface area contributed by atoms with Crippen molar-refractivity contribution in [3.05, 3.63) is 12.2 Å². The number of carbonyl (C=O) groups excluding carboxylic acids is 1. The third kappa shape index (κ3) is 1.29. The minimum absolute atomic E-state index is 0.0878. The SMILES string of the molecule is C=C1C[C@]23C[C@H]1CCC2[C@@]12CC[C@H](O)[C@](C)(C(=O)O1)C2C3C(=O)O. The summed E-state index contributed by atoms with van der Waals surface area (Å²) >= 11 is 0. The third-order valence-electron chi connectivity index (χ3n) is 8.46. The van der Waals surface area contributed by atoms with Gasteiger partial charge in [0.2, 0.25) is 0 Å². The number of ether oxygens (including phenoxy) is 1. The number of hydrogen-bond acceptors (Lipinski definition) is 4. The predicted octanol–water partition coefficient (Wildman–Crippen LogP) is 2.14. The number of rotatable bonds is 1. The molecule has 5 aliphatic rings. The van der Waals surface area contributed by atoms with Gasteiger partial charge in [-0.15, -0.1) is 0 Å². The van der Waals surface area contributed by atoms with E-state index >= 15 is 0 Å². The lowest BCUT2D eigenvalue weighted by Crippen LogP contribution is -2.53. The molecule has 0 aromatic rings. The van der Waals surface area contributed by atoms with Gasteiger partial charge in [0.15, 0.2) is 0 Å². The Morgan fingerprint density at radius 1 is 1.33 bits per heavy atom. The first-order valence-corrected chi connectivity index (χ1v) is 9.09. The van der Waals surface area contributed by atoms with E-state index in [1.54, 1.807) is 6.92 Å². The Morgan fingerprint density at radius 3 is 2.79 bits per heavy atom. The fourth-order valence-electron chi connectivity index (χ4n) is 7.66. The van der Waals surface area contributed by atoms with Crippen LogP contribution in [0, 0.1) is 34.5 Å². The van der Waals surface area contributed by atoms with Crippen molar-refractivity contribution >= 4 is 11.9 Å². The summed E-state index contributed by atoms with van der Waals surface area (Å²) < 4.78 is 6.01. The van der Waals surface area contributed by atoms with E-state index in [1.165, 1.54) is 5.57 Å². The van der Waals surface area contributed by atoms with Gasteiger partial charge in [0.1, 0.15) is 5.60 Å². The Hall–Kier alpha value is -1.36. The van der Waals surface area contributed by atoms with Crippen molar-refractivity contribution in [3.8, 4) is 0 Å². The van der Waals surface area contributed by atoms with Gasteiger partial charge in [-0.3, -0.25) is 9.59 Å². The minimum Gasteiger partial charge on any atom is -0.481 e. The summed E-state index contributed by atoms with van der Waals surface area (Å²) in [6, 6.07) is 0. The Balaban J connectivity index is 1.76. The number of fused-ring (bicyclic) bond motifs is 1.